The maximum absolute atomic E-state index is 12.3. The molecule has 1 fully saturated rings. The first-order chi connectivity index (χ1) is 9.24. The van der Waals surface area contributed by atoms with Gasteiger partial charge in [-0.05, 0) is 31.9 Å². The van der Waals surface area contributed by atoms with Crippen LogP contribution >= 0.6 is 0 Å². The average molecular weight is 263 g/mol. The van der Waals surface area contributed by atoms with Gasteiger partial charge in [0.15, 0.2) is 0 Å². The molecule has 1 aromatic rings. The fourth-order valence-corrected chi connectivity index (χ4v) is 2.28. The smallest absolute Gasteiger partial charge is 0.255 e. The van der Waals surface area contributed by atoms with Gasteiger partial charge in [0.2, 0.25) is 0 Å². The van der Waals surface area contributed by atoms with Gasteiger partial charge in [-0.15, -0.1) is 0 Å². The third-order valence-corrected chi connectivity index (χ3v) is 3.43. The first kappa shape index (κ1) is 13.8. The highest BCUT2D eigenvalue weighted by atomic mass is 16.5. The highest BCUT2D eigenvalue weighted by Crippen LogP contribution is 2.16. The lowest BCUT2D eigenvalue weighted by Gasteiger charge is -2.31. The van der Waals surface area contributed by atoms with E-state index >= 15 is 0 Å². The Kier molecular flexibility index (Phi) is 4.74. The van der Waals surface area contributed by atoms with Crippen LogP contribution < -0.4 is 5.32 Å². The molecule has 1 aliphatic heterocycles. The van der Waals surface area contributed by atoms with Crippen LogP contribution in [-0.4, -0.2) is 48.6 Å². The van der Waals surface area contributed by atoms with E-state index in [2.05, 4.69) is 10.3 Å². The van der Waals surface area contributed by atoms with E-state index in [1.807, 2.05) is 24.0 Å². The molecule has 5 nitrogen and oxygen atoms in total. The van der Waals surface area contributed by atoms with Gasteiger partial charge in [0.1, 0.15) is 5.82 Å². The van der Waals surface area contributed by atoms with Gasteiger partial charge in [-0.1, -0.05) is 0 Å². The van der Waals surface area contributed by atoms with Crippen LogP contribution in [0.2, 0.25) is 0 Å². The molecule has 0 atom stereocenters. The molecule has 5 heteroatoms. The summed E-state index contributed by atoms with van der Waals surface area (Å²) in [6.45, 7) is 4.35. The number of carbonyl (C=O) groups is 1. The first-order valence-corrected chi connectivity index (χ1v) is 6.76. The van der Waals surface area contributed by atoms with E-state index in [1.165, 1.54) is 0 Å². The van der Waals surface area contributed by atoms with Crippen LogP contribution in [0.25, 0.3) is 0 Å². The molecular formula is C14H21N3O2. The second-order valence-electron chi connectivity index (χ2n) is 4.69. The van der Waals surface area contributed by atoms with E-state index in [4.69, 9.17) is 4.74 Å². The SMILES string of the molecule is CCNc1ccc(C(=O)N2CCC(OC)CC2)cn1. The first-order valence-electron chi connectivity index (χ1n) is 6.76. The summed E-state index contributed by atoms with van der Waals surface area (Å²) in [7, 11) is 1.73. The number of methoxy groups -OCH3 is 1. The minimum absolute atomic E-state index is 0.0603. The maximum Gasteiger partial charge on any atom is 0.255 e. The number of aromatic nitrogens is 1. The molecule has 0 bridgehead atoms. The summed E-state index contributed by atoms with van der Waals surface area (Å²) in [4.78, 5) is 18.4. The Labute approximate surface area is 114 Å². The third-order valence-electron chi connectivity index (χ3n) is 3.43. The summed E-state index contributed by atoms with van der Waals surface area (Å²) < 4.78 is 5.31. The predicted molar refractivity (Wildman–Crippen MR) is 74.3 cm³/mol. The lowest BCUT2D eigenvalue weighted by Crippen LogP contribution is -2.40. The van der Waals surface area contributed by atoms with E-state index in [9.17, 15) is 4.79 Å². The van der Waals surface area contributed by atoms with Gasteiger partial charge in [0.25, 0.3) is 5.91 Å². The molecule has 2 heterocycles. The molecule has 2 rings (SSSR count). The van der Waals surface area contributed by atoms with Crippen LogP contribution in [0.15, 0.2) is 18.3 Å². The van der Waals surface area contributed by atoms with Crippen LogP contribution in [0.3, 0.4) is 0 Å². The van der Waals surface area contributed by atoms with E-state index in [0.717, 1.165) is 38.3 Å². The topological polar surface area (TPSA) is 54.5 Å². The van der Waals surface area contributed by atoms with Gasteiger partial charge in [-0.2, -0.15) is 0 Å². The minimum Gasteiger partial charge on any atom is -0.381 e. The number of likely N-dealkylation sites (tertiary alicyclic amines) is 1. The second kappa shape index (κ2) is 6.52. The molecule has 0 radical (unpaired) electrons. The monoisotopic (exact) mass is 263 g/mol. The average Bonchev–Trinajstić information content (AvgIpc) is 2.48. The molecular weight excluding hydrogens is 242 g/mol. The molecule has 1 saturated heterocycles. The zero-order valence-corrected chi connectivity index (χ0v) is 11.6. The van der Waals surface area contributed by atoms with Gasteiger partial charge < -0.3 is 15.0 Å². The number of hydrogen-bond acceptors (Lipinski definition) is 4. The molecule has 1 N–H and O–H groups in total. The van der Waals surface area contributed by atoms with E-state index in [1.54, 1.807) is 13.3 Å². The van der Waals surface area contributed by atoms with Crippen LogP contribution in [0.5, 0.6) is 0 Å². The molecule has 104 valence electrons. The van der Waals surface area contributed by atoms with E-state index < -0.39 is 0 Å². The predicted octanol–water partition coefficient (Wildman–Crippen LogP) is 1.76. The lowest BCUT2D eigenvalue weighted by molar-refractivity contribution is 0.0350. The molecule has 1 amide bonds. The number of rotatable bonds is 4. The zero-order chi connectivity index (χ0) is 13.7. The highest BCUT2D eigenvalue weighted by Gasteiger charge is 2.23. The third kappa shape index (κ3) is 3.44. The van der Waals surface area contributed by atoms with Crippen molar-refractivity contribution >= 4 is 11.7 Å². The Hall–Kier alpha value is -1.62. The quantitative estimate of drug-likeness (QED) is 0.899. The van der Waals surface area contributed by atoms with E-state index in [0.29, 0.717) is 11.7 Å². The van der Waals surface area contributed by atoms with Crippen molar-refractivity contribution in [2.75, 3.05) is 32.1 Å². The highest BCUT2D eigenvalue weighted by molar-refractivity contribution is 5.94. The van der Waals surface area contributed by atoms with Gasteiger partial charge in [0.05, 0.1) is 11.7 Å². The number of pyridine rings is 1. The standard InChI is InChI=1S/C14H21N3O2/c1-3-15-13-5-4-11(10-16-13)14(18)17-8-6-12(19-2)7-9-17/h4-5,10,12H,3,6-9H2,1-2H3,(H,15,16). The van der Waals surface area contributed by atoms with Gasteiger partial charge in [-0.3, -0.25) is 4.79 Å². The molecule has 0 aromatic carbocycles. The molecule has 19 heavy (non-hydrogen) atoms. The van der Waals surface area contributed by atoms with Crippen LogP contribution in [0, 0.1) is 0 Å². The van der Waals surface area contributed by atoms with Crippen molar-refractivity contribution in [3.63, 3.8) is 0 Å². The van der Waals surface area contributed by atoms with Gasteiger partial charge in [0, 0.05) is 32.9 Å². The Bertz CT molecular complexity index is 411. The minimum atomic E-state index is 0.0603. The molecule has 0 saturated carbocycles. The number of piperidine rings is 1. The van der Waals surface area contributed by atoms with Crippen molar-refractivity contribution in [1.29, 1.82) is 0 Å². The summed E-state index contributed by atoms with van der Waals surface area (Å²) in [5.41, 5.74) is 0.650. The Morgan fingerprint density at radius 1 is 1.47 bits per heavy atom. The molecule has 0 spiro atoms. The van der Waals surface area contributed by atoms with Gasteiger partial charge in [-0.25, -0.2) is 4.98 Å². The van der Waals surface area contributed by atoms with Crippen molar-refractivity contribution in [3.05, 3.63) is 23.9 Å². The number of anilines is 1. The van der Waals surface area contributed by atoms with Crippen molar-refractivity contribution in [2.24, 2.45) is 0 Å². The van der Waals surface area contributed by atoms with Gasteiger partial charge >= 0.3 is 0 Å². The summed E-state index contributed by atoms with van der Waals surface area (Å²) in [5, 5.41) is 3.11. The Morgan fingerprint density at radius 3 is 2.74 bits per heavy atom. The largest absolute Gasteiger partial charge is 0.381 e. The lowest BCUT2D eigenvalue weighted by atomic mass is 10.1. The van der Waals surface area contributed by atoms with Crippen molar-refractivity contribution in [3.8, 4) is 0 Å². The number of nitrogens with one attached hydrogen (secondary N) is 1. The fraction of sp³-hybridized carbons (Fsp3) is 0.571. The summed E-state index contributed by atoms with van der Waals surface area (Å²) in [6.07, 6.45) is 3.75. The normalized spacial score (nSPS) is 16.4. The van der Waals surface area contributed by atoms with Crippen LogP contribution in [-0.2, 0) is 4.74 Å². The Morgan fingerprint density at radius 2 is 2.21 bits per heavy atom. The molecule has 0 aliphatic carbocycles. The summed E-state index contributed by atoms with van der Waals surface area (Å²) in [6, 6.07) is 3.67. The second-order valence-corrected chi connectivity index (χ2v) is 4.69. The fourth-order valence-electron chi connectivity index (χ4n) is 2.28. The Balaban J connectivity index is 1.96. The number of carbonyl (C=O) groups excluding carboxylic acids is 1. The molecule has 1 aromatic heterocycles. The maximum atomic E-state index is 12.3. The number of ether oxygens (including phenoxy) is 1. The van der Waals surface area contributed by atoms with E-state index in [-0.39, 0.29) is 5.91 Å². The van der Waals surface area contributed by atoms with Crippen molar-refractivity contribution < 1.29 is 9.53 Å². The van der Waals surface area contributed by atoms with Crippen molar-refractivity contribution in [1.82, 2.24) is 9.88 Å². The zero-order valence-electron chi connectivity index (χ0n) is 11.6. The van der Waals surface area contributed by atoms with Crippen molar-refractivity contribution in [2.45, 2.75) is 25.9 Å². The van der Waals surface area contributed by atoms with Crippen LogP contribution in [0.1, 0.15) is 30.1 Å². The molecule has 1 aliphatic rings. The molecule has 0 unspecified atom stereocenters. The number of amides is 1. The summed E-state index contributed by atoms with van der Waals surface area (Å²) >= 11 is 0. The number of nitrogens with zero attached hydrogens (tertiary/aromatic N) is 2. The summed E-state index contributed by atoms with van der Waals surface area (Å²) in [5.74, 6) is 0.863. The number of hydrogen-bond donors (Lipinski definition) is 1. The van der Waals surface area contributed by atoms with Crippen LogP contribution in [0.4, 0.5) is 5.82 Å².